The number of ether oxygens (including phenoxy) is 1. The Labute approximate surface area is 111 Å². The number of hydrogen-bond acceptors (Lipinski definition) is 4. The van der Waals surface area contributed by atoms with Crippen molar-refractivity contribution in [3.8, 4) is 0 Å². The summed E-state index contributed by atoms with van der Waals surface area (Å²) in [5.41, 5.74) is 0. The summed E-state index contributed by atoms with van der Waals surface area (Å²) >= 11 is 0. The highest BCUT2D eigenvalue weighted by Crippen LogP contribution is 2.02. The Morgan fingerprint density at radius 1 is 1.00 bits per heavy atom. The number of piperazine rings is 1. The molecule has 0 aromatic carbocycles. The molecule has 2 fully saturated rings. The van der Waals surface area contributed by atoms with Crippen LogP contribution in [-0.4, -0.2) is 86.7 Å². The molecule has 0 aromatic rings. The SMILES string of the molecule is CC.CN1CCN(CC(=O)N2CCOCC2)CC1. The van der Waals surface area contributed by atoms with Crippen LogP contribution in [0.2, 0.25) is 0 Å². The summed E-state index contributed by atoms with van der Waals surface area (Å²) in [7, 11) is 2.13. The molecule has 2 heterocycles. The standard InChI is InChI=1S/C11H21N3O2.C2H6/c1-12-2-4-13(5-3-12)10-11(15)14-6-8-16-9-7-14;1-2/h2-10H2,1H3;1-2H3. The third-order valence-corrected chi connectivity index (χ3v) is 3.32. The monoisotopic (exact) mass is 257 g/mol. The summed E-state index contributed by atoms with van der Waals surface area (Å²) in [6.45, 7) is 11.6. The highest BCUT2D eigenvalue weighted by molar-refractivity contribution is 5.78. The molecule has 0 atom stereocenters. The van der Waals surface area contributed by atoms with Gasteiger partial charge in [0.25, 0.3) is 0 Å². The molecule has 0 bridgehead atoms. The summed E-state index contributed by atoms with van der Waals surface area (Å²) in [6.07, 6.45) is 0. The first-order valence-electron chi connectivity index (χ1n) is 7.02. The Hall–Kier alpha value is -0.650. The average molecular weight is 257 g/mol. The van der Waals surface area contributed by atoms with Crippen LogP contribution in [0.3, 0.4) is 0 Å². The normalized spacial score (nSPS) is 22.3. The van der Waals surface area contributed by atoms with E-state index in [1.807, 2.05) is 18.7 Å². The Morgan fingerprint density at radius 2 is 1.56 bits per heavy atom. The van der Waals surface area contributed by atoms with E-state index in [1.165, 1.54) is 0 Å². The Morgan fingerprint density at radius 3 is 2.11 bits per heavy atom. The van der Waals surface area contributed by atoms with Gasteiger partial charge in [-0.1, -0.05) is 13.8 Å². The minimum Gasteiger partial charge on any atom is -0.378 e. The van der Waals surface area contributed by atoms with Crippen molar-refractivity contribution >= 4 is 5.91 Å². The second-order valence-electron chi connectivity index (χ2n) is 4.57. The number of carbonyl (C=O) groups is 1. The number of rotatable bonds is 2. The molecule has 5 nitrogen and oxygen atoms in total. The first-order chi connectivity index (χ1) is 8.75. The van der Waals surface area contributed by atoms with Gasteiger partial charge in [-0.15, -0.1) is 0 Å². The highest BCUT2D eigenvalue weighted by Gasteiger charge is 2.21. The highest BCUT2D eigenvalue weighted by atomic mass is 16.5. The first kappa shape index (κ1) is 15.4. The van der Waals surface area contributed by atoms with Crippen LogP contribution < -0.4 is 0 Å². The second-order valence-corrected chi connectivity index (χ2v) is 4.57. The number of carbonyl (C=O) groups excluding carboxylic acids is 1. The number of hydrogen-bond donors (Lipinski definition) is 0. The van der Waals surface area contributed by atoms with E-state index in [9.17, 15) is 4.79 Å². The molecule has 18 heavy (non-hydrogen) atoms. The van der Waals surface area contributed by atoms with E-state index < -0.39 is 0 Å². The third-order valence-electron chi connectivity index (χ3n) is 3.32. The molecule has 0 N–H and O–H groups in total. The van der Waals surface area contributed by atoms with Crippen molar-refractivity contribution in [3.63, 3.8) is 0 Å². The zero-order valence-corrected chi connectivity index (χ0v) is 12.0. The minimum atomic E-state index is 0.257. The largest absolute Gasteiger partial charge is 0.378 e. The van der Waals surface area contributed by atoms with Gasteiger partial charge >= 0.3 is 0 Å². The third kappa shape index (κ3) is 4.92. The van der Waals surface area contributed by atoms with Crippen LogP contribution in [0, 0.1) is 0 Å². The van der Waals surface area contributed by atoms with E-state index in [-0.39, 0.29) is 5.91 Å². The van der Waals surface area contributed by atoms with Crippen molar-refractivity contribution in [2.75, 3.05) is 66.1 Å². The van der Waals surface area contributed by atoms with E-state index in [4.69, 9.17) is 4.74 Å². The van der Waals surface area contributed by atoms with Gasteiger partial charge in [-0.05, 0) is 7.05 Å². The quantitative estimate of drug-likeness (QED) is 0.704. The molecule has 0 saturated carbocycles. The average Bonchev–Trinajstić information content (AvgIpc) is 2.44. The lowest BCUT2D eigenvalue weighted by Crippen LogP contribution is -2.50. The molecule has 2 rings (SSSR count). The lowest BCUT2D eigenvalue weighted by atomic mass is 10.3. The molecule has 106 valence electrons. The molecule has 2 aliphatic rings. The van der Waals surface area contributed by atoms with E-state index in [1.54, 1.807) is 0 Å². The Balaban J connectivity index is 0.000000771. The molecule has 0 spiro atoms. The fraction of sp³-hybridized carbons (Fsp3) is 0.923. The van der Waals surface area contributed by atoms with E-state index in [2.05, 4.69) is 16.8 Å². The fourth-order valence-electron chi connectivity index (χ4n) is 2.11. The number of morpholine rings is 1. The van der Waals surface area contributed by atoms with Crippen LogP contribution in [0.4, 0.5) is 0 Å². The van der Waals surface area contributed by atoms with E-state index in [0.717, 1.165) is 39.3 Å². The maximum Gasteiger partial charge on any atom is 0.236 e. The van der Waals surface area contributed by atoms with Crippen molar-refractivity contribution in [1.82, 2.24) is 14.7 Å². The van der Waals surface area contributed by atoms with E-state index in [0.29, 0.717) is 19.8 Å². The van der Waals surface area contributed by atoms with Gasteiger partial charge in [-0.3, -0.25) is 9.69 Å². The smallest absolute Gasteiger partial charge is 0.236 e. The molecular formula is C13H27N3O2. The van der Waals surface area contributed by atoms with Gasteiger partial charge in [0.2, 0.25) is 5.91 Å². The predicted octanol–water partition coefficient (Wildman–Crippen LogP) is 0.119. The van der Waals surface area contributed by atoms with Crippen molar-refractivity contribution in [2.24, 2.45) is 0 Å². The van der Waals surface area contributed by atoms with Crippen LogP contribution in [0.25, 0.3) is 0 Å². The zero-order valence-electron chi connectivity index (χ0n) is 12.0. The zero-order chi connectivity index (χ0) is 13.4. The van der Waals surface area contributed by atoms with Gasteiger partial charge < -0.3 is 14.5 Å². The molecule has 2 saturated heterocycles. The molecule has 5 heteroatoms. The summed E-state index contributed by atoms with van der Waals surface area (Å²) in [5, 5.41) is 0. The molecule has 0 aromatic heterocycles. The Kier molecular flexibility index (Phi) is 7.23. The maximum atomic E-state index is 12.0. The van der Waals surface area contributed by atoms with Crippen molar-refractivity contribution < 1.29 is 9.53 Å². The molecular weight excluding hydrogens is 230 g/mol. The first-order valence-corrected chi connectivity index (χ1v) is 7.02. The van der Waals surface area contributed by atoms with Crippen molar-refractivity contribution in [3.05, 3.63) is 0 Å². The molecule has 0 radical (unpaired) electrons. The lowest BCUT2D eigenvalue weighted by Gasteiger charge is -2.34. The lowest BCUT2D eigenvalue weighted by molar-refractivity contribution is -0.136. The van der Waals surface area contributed by atoms with Gasteiger partial charge in [0.15, 0.2) is 0 Å². The van der Waals surface area contributed by atoms with Crippen molar-refractivity contribution in [1.29, 1.82) is 0 Å². The fourth-order valence-corrected chi connectivity index (χ4v) is 2.11. The number of nitrogens with zero attached hydrogens (tertiary/aromatic N) is 3. The number of likely N-dealkylation sites (N-methyl/N-ethyl adjacent to an activating group) is 1. The van der Waals surface area contributed by atoms with Crippen LogP contribution in [0.1, 0.15) is 13.8 Å². The van der Waals surface area contributed by atoms with Gasteiger partial charge in [-0.2, -0.15) is 0 Å². The molecule has 0 aliphatic carbocycles. The maximum absolute atomic E-state index is 12.0. The topological polar surface area (TPSA) is 36.0 Å². The summed E-state index contributed by atoms with van der Waals surface area (Å²) in [6, 6.07) is 0. The van der Waals surface area contributed by atoms with Crippen LogP contribution >= 0.6 is 0 Å². The summed E-state index contributed by atoms with van der Waals surface area (Å²) < 4.78 is 5.24. The van der Waals surface area contributed by atoms with Crippen LogP contribution in [-0.2, 0) is 9.53 Å². The predicted molar refractivity (Wildman–Crippen MR) is 72.7 cm³/mol. The van der Waals surface area contributed by atoms with Gasteiger partial charge in [0.05, 0.1) is 19.8 Å². The van der Waals surface area contributed by atoms with Crippen molar-refractivity contribution in [2.45, 2.75) is 13.8 Å². The number of amides is 1. The summed E-state index contributed by atoms with van der Waals surface area (Å²) in [4.78, 5) is 18.4. The second kappa shape index (κ2) is 8.45. The van der Waals surface area contributed by atoms with Gasteiger partial charge in [-0.25, -0.2) is 0 Å². The van der Waals surface area contributed by atoms with Gasteiger partial charge in [0, 0.05) is 39.3 Å². The minimum absolute atomic E-state index is 0.257. The molecule has 0 unspecified atom stereocenters. The van der Waals surface area contributed by atoms with Gasteiger partial charge in [0.1, 0.15) is 0 Å². The van der Waals surface area contributed by atoms with E-state index >= 15 is 0 Å². The Bertz CT molecular complexity index is 234. The molecule has 2 aliphatic heterocycles. The van der Waals surface area contributed by atoms with Crippen LogP contribution in [0.5, 0.6) is 0 Å². The van der Waals surface area contributed by atoms with Crippen LogP contribution in [0.15, 0.2) is 0 Å². The summed E-state index contributed by atoms with van der Waals surface area (Å²) in [5.74, 6) is 0.257. The molecule has 1 amide bonds.